The molecule has 0 amide bonds. The Morgan fingerprint density at radius 1 is 1.42 bits per heavy atom. The van der Waals surface area contributed by atoms with Crippen molar-refractivity contribution in [2.45, 2.75) is 12.5 Å². The third kappa shape index (κ3) is 1.14. The number of hydrogen-bond donors (Lipinski definition) is 0. The maximum absolute atomic E-state index is 10.6. The van der Waals surface area contributed by atoms with Crippen molar-refractivity contribution in [2.24, 2.45) is 0 Å². The topological polar surface area (TPSA) is 26.3 Å². The van der Waals surface area contributed by atoms with Crippen LogP contribution in [0.5, 0.6) is 0 Å². The van der Waals surface area contributed by atoms with Gasteiger partial charge < -0.3 is 9.53 Å². The fourth-order valence-electron chi connectivity index (χ4n) is 1.53. The van der Waals surface area contributed by atoms with Crippen molar-refractivity contribution in [3.63, 3.8) is 0 Å². The lowest BCUT2D eigenvalue weighted by Gasteiger charge is -2.20. The predicted octanol–water partition coefficient (Wildman–Crippen LogP) is 1.50. The van der Waals surface area contributed by atoms with Gasteiger partial charge in [-0.3, -0.25) is 0 Å². The SMILES string of the molecule is O=C[C@H]1COCc2ccccc21. The molecule has 2 nitrogen and oxygen atoms in total. The summed E-state index contributed by atoms with van der Waals surface area (Å²) in [5, 5.41) is 0. The first-order valence-corrected chi connectivity index (χ1v) is 4.02. The molecule has 1 aromatic rings. The number of rotatable bonds is 1. The van der Waals surface area contributed by atoms with Crippen LogP contribution in [-0.2, 0) is 16.1 Å². The highest BCUT2D eigenvalue weighted by Crippen LogP contribution is 2.24. The molecule has 0 saturated carbocycles. The Morgan fingerprint density at radius 3 is 3.08 bits per heavy atom. The largest absolute Gasteiger partial charge is 0.376 e. The van der Waals surface area contributed by atoms with Gasteiger partial charge in [-0.1, -0.05) is 24.3 Å². The minimum Gasteiger partial charge on any atom is -0.376 e. The van der Waals surface area contributed by atoms with E-state index in [-0.39, 0.29) is 5.92 Å². The van der Waals surface area contributed by atoms with Crippen LogP contribution in [0.25, 0.3) is 0 Å². The number of aldehydes is 1. The molecule has 0 radical (unpaired) electrons. The zero-order valence-electron chi connectivity index (χ0n) is 6.69. The normalized spacial score (nSPS) is 21.5. The highest BCUT2D eigenvalue weighted by Gasteiger charge is 2.18. The minimum atomic E-state index is -0.0602. The van der Waals surface area contributed by atoms with Crippen LogP contribution in [0.4, 0.5) is 0 Å². The average Bonchev–Trinajstić information content (AvgIpc) is 2.17. The molecule has 0 unspecified atom stereocenters. The zero-order valence-corrected chi connectivity index (χ0v) is 6.69. The van der Waals surface area contributed by atoms with Crippen LogP contribution in [0.3, 0.4) is 0 Å². The highest BCUT2D eigenvalue weighted by atomic mass is 16.5. The minimum absolute atomic E-state index is 0.0602. The quantitative estimate of drug-likeness (QED) is 0.585. The number of carbonyl (C=O) groups excluding carboxylic acids is 1. The molecule has 0 N–H and O–H groups in total. The second-order valence-electron chi connectivity index (χ2n) is 2.96. The maximum Gasteiger partial charge on any atom is 0.129 e. The summed E-state index contributed by atoms with van der Waals surface area (Å²) in [5.74, 6) is -0.0602. The molecular weight excluding hydrogens is 152 g/mol. The van der Waals surface area contributed by atoms with Crippen molar-refractivity contribution >= 4 is 6.29 Å². The third-order valence-corrected chi connectivity index (χ3v) is 2.17. The number of hydrogen-bond acceptors (Lipinski definition) is 2. The molecule has 1 heterocycles. The van der Waals surface area contributed by atoms with E-state index in [0.29, 0.717) is 13.2 Å². The molecule has 1 atom stereocenters. The van der Waals surface area contributed by atoms with Gasteiger partial charge in [-0.05, 0) is 11.1 Å². The fraction of sp³-hybridized carbons (Fsp3) is 0.300. The van der Waals surface area contributed by atoms with Gasteiger partial charge in [-0.15, -0.1) is 0 Å². The molecule has 0 bridgehead atoms. The van der Waals surface area contributed by atoms with E-state index < -0.39 is 0 Å². The zero-order chi connectivity index (χ0) is 8.39. The van der Waals surface area contributed by atoms with Crippen LogP contribution in [0.2, 0.25) is 0 Å². The summed E-state index contributed by atoms with van der Waals surface area (Å²) >= 11 is 0. The molecule has 1 aliphatic rings. The summed E-state index contributed by atoms with van der Waals surface area (Å²) < 4.78 is 5.27. The first kappa shape index (κ1) is 7.50. The highest BCUT2D eigenvalue weighted by molar-refractivity contribution is 5.63. The van der Waals surface area contributed by atoms with E-state index in [4.69, 9.17) is 4.74 Å². The van der Waals surface area contributed by atoms with Crippen molar-refractivity contribution in [3.8, 4) is 0 Å². The predicted molar refractivity (Wildman–Crippen MR) is 44.9 cm³/mol. The number of fused-ring (bicyclic) bond motifs is 1. The van der Waals surface area contributed by atoms with Crippen LogP contribution in [0.15, 0.2) is 24.3 Å². The van der Waals surface area contributed by atoms with Crippen LogP contribution in [0, 0.1) is 0 Å². The molecule has 0 saturated heterocycles. The van der Waals surface area contributed by atoms with Crippen molar-refractivity contribution in [3.05, 3.63) is 35.4 Å². The lowest BCUT2D eigenvalue weighted by molar-refractivity contribution is -0.110. The Labute approximate surface area is 71.2 Å². The lowest BCUT2D eigenvalue weighted by Crippen LogP contribution is -2.17. The number of ether oxygens (including phenoxy) is 1. The lowest BCUT2D eigenvalue weighted by atomic mass is 9.94. The Morgan fingerprint density at radius 2 is 2.25 bits per heavy atom. The van der Waals surface area contributed by atoms with E-state index in [1.54, 1.807) is 0 Å². The summed E-state index contributed by atoms with van der Waals surface area (Å²) in [6.45, 7) is 1.17. The van der Waals surface area contributed by atoms with Gasteiger partial charge in [0.2, 0.25) is 0 Å². The number of carbonyl (C=O) groups is 1. The van der Waals surface area contributed by atoms with Gasteiger partial charge in [0.1, 0.15) is 6.29 Å². The fourth-order valence-corrected chi connectivity index (χ4v) is 1.53. The standard InChI is InChI=1S/C10H10O2/c11-5-9-7-12-6-8-3-1-2-4-10(8)9/h1-5,9H,6-7H2/t9-/m0/s1. The summed E-state index contributed by atoms with van der Waals surface area (Å²) in [5.41, 5.74) is 2.26. The maximum atomic E-state index is 10.6. The first-order chi connectivity index (χ1) is 5.92. The number of benzene rings is 1. The molecule has 12 heavy (non-hydrogen) atoms. The Kier molecular flexibility index (Phi) is 1.92. The summed E-state index contributed by atoms with van der Waals surface area (Å²) in [6.07, 6.45) is 0.956. The molecule has 1 aliphatic heterocycles. The van der Waals surface area contributed by atoms with E-state index in [2.05, 4.69) is 0 Å². The Bertz CT molecular complexity index is 294. The van der Waals surface area contributed by atoms with Gasteiger partial charge >= 0.3 is 0 Å². The van der Waals surface area contributed by atoms with Gasteiger partial charge in [0.25, 0.3) is 0 Å². The monoisotopic (exact) mass is 162 g/mol. The van der Waals surface area contributed by atoms with Crippen LogP contribution in [0.1, 0.15) is 17.0 Å². The molecule has 0 fully saturated rings. The van der Waals surface area contributed by atoms with Gasteiger partial charge in [-0.25, -0.2) is 0 Å². The second-order valence-corrected chi connectivity index (χ2v) is 2.96. The molecule has 1 aromatic carbocycles. The summed E-state index contributed by atoms with van der Waals surface area (Å²) in [7, 11) is 0. The third-order valence-electron chi connectivity index (χ3n) is 2.17. The smallest absolute Gasteiger partial charge is 0.129 e. The average molecular weight is 162 g/mol. The van der Waals surface area contributed by atoms with E-state index in [0.717, 1.165) is 17.4 Å². The second kappa shape index (κ2) is 3.07. The molecular formula is C10H10O2. The van der Waals surface area contributed by atoms with Crippen molar-refractivity contribution in [1.82, 2.24) is 0 Å². The van der Waals surface area contributed by atoms with Crippen LogP contribution < -0.4 is 0 Å². The van der Waals surface area contributed by atoms with Gasteiger partial charge in [0, 0.05) is 0 Å². The Balaban J connectivity index is 2.43. The molecule has 0 spiro atoms. The summed E-state index contributed by atoms with van der Waals surface area (Å²) in [6, 6.07) is 7.93. The van der Waals surface area contributed by atoms with E-state index >= 15 is 0 Å². The first-order valence-electron chi connectivity index (χ1n) is 4.02. The van der Waals surface area contributed by atoms with Crippen molar-refractivity contribution in [1.29, 1.82) is 0 Å². The van der Waals surface area contributed by atoms with E-state index in [9.17, 15) is 4.79 Å². The molecule has 2 rings (SSSR count). The van der Waals surface area contributed by atoms with Gasteiger partial charge in [0.15, 0.2) is 0 Å². The summed E-state index contributed by atoms with van der Waals surface area (Å²) in [4.78, 5) is 10.6. The molecule has 0 aliphatic carbocycles. The van der Waals surface area contributed by atoms with E-state index in [1.165, 1.54) is 0 Å². The van der Waals surface area contributed by atoms with Crippen molar-refractivity contribution in [2.75, 3.05) is 6.61 Å². The van der Waals surface area contributed by atoms with E-state index in [1.807, 2.05) is 24.3 Å². The van der Waals surface area contributed by atoms with Crippen LogP contribution in [-0.4, -0.2) is 12.9 Å². The Hall–Kier alpha value is -1.15. The molecule has 2 heteroatoms. The molecule has 62 valence electrons. The molecule has 0 aromatic heterocycles. The van der Waals surface area contributed by atoms with Gasteiger partial charge in [0.05, 0.1) is 19.1 Å². The van der Waals surface area contributed by atoms with Gasteiger partial charge in [-0.2, -0.15) is 0 Å². The van der Waals surface area contributed by atoms with Crippen molar-refractivity contribution < 1.29 is 9.53 Å². The van der Waals surface area contributed by atoms with Crippen LogP contribution >= 0.6 is 0 Å².